The van der Waals surface area contributed by atoms with Gasteiger partial charge in [0, 0.05) is 18.2 Å². The zero-order chi connectivity index (χ0) is 13.1. The van der Waals surface area contributed by atoms with Gasteiger partial charge in [0.15, 0.2) is 0 Å². The SMILES string of the molecule is Cc1ccc(F)cc1C(=O)NC(CCO)C1CC1. The fourth-order valence-electron chi connectivity index (χ4n) is 2.15. The standard InChI is InChI=1S/C14H18FNO2/c1-9-2-5-11(15)8-12(9)14(18)16-13(6-7-17)10-3-4-10/h2,5,8,10,13,17H,3-4,6-7H2,1H3,(H,16,18). The number of carbonyl (C=O) groups is 1. The number of benzene rings is 1. The number of nitrogens with one attached hydrogen (secondary N) is 1. The number of aliphatic hydroxyl groups excluding tert-OH is 1. The van der Waals surface area contributed by atoms with Gasteiger partial charge in [-0.2, -0.15) is 0 Å². The quantitative estimate of drug-likeness (QED) is 0.841. The van der Waals surface area contributed by atoms with Gasteiger partial charge in [-0.3, -0.25) is 4.79 Å². The minimum Gasteiger partial charge on any atom is -0.396 e. The number of carbonyl (C=O) groups excluding carboxylic acids is 1. The molecule has 0 radical (unpaired) electrons. The zero-order valence-electron chi connectivity index (χ0n) is 10.4. The van der Waals surface area contributed by atoms with Crippen LogP contribution in [-0.4, -0.2) is 23.7 Å². The molecule has 0 aliphatic heterocycles. The van der Waals surface area contributed by atoms with Crippen LogP contribution < -0.4 is 5.32 Å². The molecule has 98 valence electrons. The molecule has 1 atom stereocenters. The Hall–Kier alpha value is -1.42. The number of amides is 1. The first-order chi connectivity index (χ1) is 8.61. The Morgan fingerprint density at radius 1 is 1.56 bits per heavy atom. The Bertz CT molecular complexity index is 443. The van der Waals surface area contributed by atoms with E-state index in [-0.39, 0.29) is 18.6 Å². The van der Waals surface area contributed by atoms with Crippen molar-refractivity contribution < 1.29 is 14.3 Å². The van der Waals surface area contributed by atoms with Gasteiger partial charge in [0.1, 0.15) is 5.82 Å². The van der Waals surface area contributed by atoms with Gasteiger partial charge in [0.2, 0.25) is 0 Å². The molecule has 1 aromatic rings. The van der Waals surface area contributed by atoms with Gasteiger partial charge in [0.05, 0.1) is 0 Å². The van der Waals surface area contributed by atoms with Crippen molar-refractivity contribution in [2.45, 2.75) is 32.2 Å². The van der Waals surface area contributed by atoms with E-state index in [4.69, 9.17) is 5.11 Å². The molecule has 1 amide bonds. The van der Waals surface area contributed by atoms with Crippen LogP contribution in [0.4, 0.5) is 4.39 Å². The average Bonchev–Trinajstić information content (AvgIpc) is 3.15. The summed E-state index contributed by atoms with van der Waals surface area (Å²) in [5.74, 6) is -0.191. The summed E-state index contributed by atoms with van der Waals surface area (Å²) in [6.07, 6.45) is 2.74. The summed E-state index contributed by atoms with van der Waals surface area (Å²) in [5, 5.41) is 11.9. The van der Waals surface area contributed by atoms with Crippen molar-refractivity contribution >= 4 is 5.91 Å². The predicted molar refractivity (Wildman–Crippen MR) is 66.8 cm³/mol. The highest BCUT2D eigenvalue weighted by Crippen LogP contribution is 2.34. The first-order valence-corrected chi connectivity index (χ1v) is 6.29. The molecule has 0 aromatic heterocycles. The highest BCUT2D eigenvalue weighted by molar-refractivity contribution is 5.95. The van der Waals surface area contributed by atoms with Crippen LogP contribution in [0.2, 0.25) is 0 Å². The largest absolute Gasteiger partial charge is 0.396 e. The molecule has 2 N–H and O–H groups in total. The average molecular weight is 251 g/mol. The zero-order valence-corrected chi connectivity index (χ0v) is 10.4. The Kier molecular flexibility index (Phi) is 3.97. The van der Waals surface area contributed by atoms with Crippen LogP contribution in [0, 0.1) is 18.7 Å². The molecule has 4 heteroatoms. The molecule has 18 heavy (non-hydrogen) atoms. The fraction of sp³-hybridized carbons (Fsp3) is 0.500. The molecule has 1 aromatic carbocycles. The second-order valence-electron chi connectivity index (χ2n) is 4.89. The van der Waals surface area contributed by atoms with E-state index in [1.54, 1.807) is 13.0 Å². The molecule has 1 fully saturated rings. The van der Waals surface area contributed by atoms with Gasteiger partial charge in [0.25, 0.3) is 5.91 Å². The Labute approximate surface area is 106 Å². The highest BCUT2D eigenvalue weighted by atomic mass is 19.1. The van der Waals surface area contributed by atoms with Crippen molar-refractivity contribution in [2.75, 3.05) is 6.61 Å². The number of aryl methyl sites for hydroxylation is 1. The second-order valence-corrected chi connectivity index (χ2v) is 4.89. The van der Waals surface area contributed by atoms with Gasteiger partial charge >= 0.3 is 0 Å². The Morgan fingerprint density at radius 2 is 2.28 bits per heavy atom. The lowest BCUT2D eigenvalue weighted by Crippen LogP contribution is -2.37. The van der Waals surface area contributed by atoms with Crippen molar-refractivity contribution in [3.05, 3.63) is 35.1 Å². The molecular weight excluding hydrogens is 233 g/mol. The molecule has 1 saturated carbocycles. The third-order valence-corrected chi connectivity index (χ3v) is 3.39. The minimum absolute atomic E-state index is 0.00478. The summed E-state index contributed by atoms with van der Waals surface area (Å²) in [4.78, 5) is 12.1. The monoisotopic (exact) mass is 251 g/mol. The van der Waals surface area contributed by atoms with Crippen molar-refractivity contribution in [3.8, 4) is 0 Å². The molecule has 3 nitrogen and oxygen atoms in total. The summed E-state index contributed by atoms with van der Waals surface area (Å²) in [7, 11) is 0. The normalized spacial score (nSPS) is 16.4. The summed E-state index contributed by atoms with van der Waals surface area (Å²) < 4.78 is 13.1. The number of aliphatic hydroxyl groups is 1. The van der Waals surface area contributed by atoms with E-state index in [9.17, 15) is 9.18 Å². The molecule has 0 bridgehead atoms. The van der Waals surface area contributed by atoms with E-state index in [0.717, 1.165) is 18.4 Å². The molecule has 2 rings (SSSR count). The minimum atomic E-state index is -0.407. The van der Waals surface area contributed by atoms with E-state index < -0.39 is 5.82 Å². The van der Waals surface area contributed by atoms with Crippen molar-refractivity contribution in [2.24, 2.45) is 5.92 Å². The van der Waals surface area contributed by atoms with E-state index >= 15 is 0 Å². The third kappa shape index (κ3) is 3.07. The van der Waals surface area contributed by atoms with Crippen LogP contribution in [0.25, 0.3) is 0 Å². The number of rotatable bonds is 5. The lowest BCUT2D eigenvalue weighted by atomic mass is 10.1. The molecule has 1 aliphatic carbocycles. The van der Waals surface area contributed by atoms with Crippen LogP contribution in [0.15, 0.2) is 18.2 Å². The maximum Gasteiger partial charge on any atom is 0.251 e. The lowest BCUT2D eigenvalue weighted by Gasteiger charge is -2.17. The van der Waals surface area contributed by atoms with Gasteiger partial charge in [-0.25, -0.2) is 4.39 Å². The van der Waals surface area contributed by atoms with Gasteiger partial charge in [-0.15, -0.1) is 0 Å². The predicted octanol–water partition coefficient (Wildman–Crippen LogP) is 2.02. The summed E-state index contributed by atoms with van der Waals surface area (Å²) in [5.41, 5.74) is 1.13. The first kappa shape index (κ1) is 13.0. The molecular formula is C14H18FNO2. The van der Waals surface area contributed by atoms with Gasteiger partial charge in [-0.1, -0.05) is 6.07 Å². The van der Waals surface area contributed by atoms with Crippen LogP contribution >= 0.6 is 0 Å². The van der Waals surface area contributed by atoms with Crippen molar-refractivity contribution in [1.82, 2.24) is 5.32 Å². The van der Waals surface area contributed by atoms with Crippen LogP contribution in [0.1, 0.15) is 35.2 Å². The summed E-state index contributed by atoms with van der Waals surface area (Å²) >= 11 is 0. The smallest absolute Gasteiger partial charge is 0.251 e. The molecule has 1 unspecified atom stereocenters. The summed E-state index contributed by atoms with van der Waals surface area (Å²) in [6, 6.07) is 4.21. The molecule has 0 saturated heterocycles. The fourth-order valence-corrected chi connectivity index (χ4v) is 2.15. The topological polar surface area (TPSA) is 49.3 Å². The third-order valence-electron chi connectivity index (χ3n) is 3.39. The van der Waals surface area contributed by atoms with Crippen LogP contribution in [0.3, 0.4) is 0 Å². The van der Waals surface area contributed by atoms with Crippen LogP contribution in [0.5, 0.6) is 0 Å². The lowest BCUT2D eigenvalue weighted by molar-refractivity contribution is 0.0923. The highest BCUT2D eigenvalue weighted by Gasteiger charge is 2.32. The van der Waals surface area contributed by atoms with Gasteiger partial charge in [-0.05, 0) is 49.8 Å². The molecule has 1 aliphatic rings. The van der Waals surface area contributed by atoms with E-state index in [1.807, 2.05) is 0 Å². The first-order valence-electron chi connectivity index (χ1n) is 6.29. The maximum absolute atomic E-state index is 13.1. The molecule has 0 spiro atoms. The number of hydrogen-bond acceptors (Lipinski definition) is 2. The molecule has 0 heterocycles. The van der Waals surface area contributed by atoms with Gasteiger partial charge < -0.3 is 10.4 Å². The van der Waals surface area contributed by atoms with E-state index in [0.29, 0.717) is 17.9 Å². The van der Waals surface area contributed by atoms with Crippen LogP contribution in [-0.2, 0) is 0 Å². The number of halogens is 1. The Balaban J connectivity index is 2.07. The van der Waals surface area contributed by atoms with E-state index in [1.165, 1.54) is 12.1 Å². The summed E-state index contributed by atoms with van der Waals surface area (Å²) in [6.45, 7) is 1.84. The van der Waals surface area contributed by atoms with E-state index in [2.05, 4.69) is 5.32 Å². The van der Waals surface area contributed by atoms with Crippen molar-refractivity contribution in [1.29, 1.82) is 0 Å². The maximum atomic E-state index is 13.1. The Morgan fingerprint density at radius 3 is 2.89 bits per heavy atom. The second kappa shape index (κ2) is 5.48. The number of hydrogen-bond donors (Lipinski definition) is 2. The van der Waals surface area contributed by atoms with Crippen molar-refractivity contribution in [3.63, 3.8) is 0 Å².